The maximum absolute atomic E-state index is 4.66. The van der Waals surface area contributed by atoms with Crippen LogP contribution < -0.4 is 15.1 Å². The third-order valence-corrected chi connectivity index (χ3v) is 5.02. The minimum atomic E-state index is 0.709. The second-order valence-corrected chi connectivity index (χ2v) is 6.97. The number of hydrogen-bond acceptors (Lipinski definition) is 6. The van der Waals surface area contributed by atoms with Gasteiger partial charge in [-0.25, -0.2) is 0 Å². The Bertz CT molecular complexity index is 847. The Hall–Kier alpha value is -3.15. The Morgan fingerprint density at radius 3 is 2.25 bits per heavy atom. The monoisotopic (exact) mass is 374 g/mol. The summed E-state index contributed by atoms with van der Waals surface area (Å²) in [5.41, 5.74) is 2.64. The largest absolute Gasteiger partial charge is 0.369 e. The Labute approximate surface area is 166 Å². The number of piperazine rings is 1. The number of para-hydroxylation sites is 1. The van der Waals surface area contributed by atoms with E-state index in [1.807, 2.05) is 0 Å². The van der Waals surface area contributed by atoms with Gasteiger partial charge in [0.05, 0.1) is 6.20 Å². The van der Waals surface area contributed by atoms with E-state index < -0.39 is 0 Å². The van der Waals surface area contributed by atoms with E-state index in [4.69, 9.17) is 0 Å². The molecule has 0 bridgehead atoms. The summed E-state index contributed by atoms with van der Waals surface area (Å²) >= 11 is 0. The van der Waals surface area contributed by atoms with E-state index in [-0.39, 0.29) is 0 Å². The van der Waals surface area contributed by atoms with Crippen LogP contribution >= 0.6 is 0 Å². The topological polar surface area (TPSA) is 57.2 Å². The van der Waals surface area contributed by atoms with E-state index in [1.165, 1.54) is 11.3 Å². The van der Waals surface area contributed by atoms with Gasteiger partial charge in [0.1, 0.15) is 0 Å². The van der Waals surface area contributed by atoms with Gasteiger partial charge in [0.25, 0.3) is 0 Å². The summed E-state index contributed by atoms with van der Waals surface area (Å²) < 4.78 is 0. The molecule has 3 aromatic rings. The number of anilines is 3. The molecule has 28 heavy (non-hydrogen) atoms. The average Bonchev–Trinajstić information content (AvgIpc) is 2.78. The third-order valence-electron chi connectivity index (χ3n) is 5.02. The van der Waals surface area contributed by atoms with Crippen molar-refractivity contribution in [1.82, 2.24) is 15.2 Å². The molecule has 0 radical (unpaired) electrons. The third kappa shape index (κ3) is 4.76. The van der Waals surface area contributed by atoms with E-state index in [1.54, 1.807) is 6.20 Å². The Balaban J connectivity index is 1.27. The van der Waals surface area contributed by atoms with Gasteiger partial charge in [-0.05, 0) is 30.5 Å². The van der Waals surface area contributed by atoms with Crippen molar-refractivity contribution < 1.29 is 0 Å². The highest BCUT2D eigenvalue weighted by Crippen LogP contribution is 2.18. The number of aromatic nitrogens is 3. The molecule has 4 rings (SSSR count). The summed E-state index contributed by atoms with van der Waals surface area (Å²) in [5.74, 6) is 1.50. The van der Waals surface area contributed by atoms with Gasteiger partial charge in [0, 0.05) is 38.4 Å². The fourth-order valence-electron chi connectivity index (χ4n) is 3.47. The number of aryl methyl sites for hydroxylation is 1. The molecule has 1 aliphatic heterocycles. The standard InChI is InChI=1S/C22H26N6/c1-3-8-19(9-4-1)10-7-13-23-21-18-24-26-22(25-21)28-16-14-27(15-17-28)20-11-5-2-6-12-20/h1-6,8-9,11-12,18H,7,10,13-17H2,(H,23,25,26). The van der Waals surface area contributed by atoms with Crippen LogP contribution in [0.5, 0.6) is 0 Å². The molecule has 1 aliphatic rings. The second kappa shape index (κ2) is 9.17. The Kier molecular flexibility index (Phi) is 5.97. The summed E-state index contributed by atoms with van der Waals surface area (Å²) in [4.78, 5) is 9.27. The van der Waals surface area contributed by atoms with Crippen LogP contribution in [0.15, 0.2) is 66.9 Å². The lowest BCUT2D eigenvalue weighted by Crippen LogP contribution is -2.47. The fourth-order valence-corrected chi connectivity index (χ4v) is 3.47. The van der Waals surface area contributed by atoms with Crippen LogP contribution in [-0.4, -0.2) is 47.9 Å². The van der Waals surface area contributed by atoms with Gasteiger partial charge in [-0.2, -0.15) is 10.1 Å². The lowest BCUT2D eigenvalue weighted by molar-refractivity contribution is 0.635. The molecule has 1 saturated heterocycles. The molecule has 1 aromatic heterocycles. The van der Waals surface area contributed by atoms with Crippen molar-refractivity contribution >= 4 is 17.5 Å². The molecular weight excluding hydrogens is 348 g/mol. The summed E-state index contributed by atoms with van der Waals surface area (Å²) in [7, 11) is 0. The van der Waals surface area contributed by atoms with Gasteiger partial charge in [-0.3, -0.25) is 0 Å². The van der Waals surface area contributed by atoms with E-state index in [9.17, 15) is 0 Å². The van der Waals surface area contributed by atoms with Crippen molar-refractivity contribution in [2.45, 2.75) is 12.8 Å². The first-order valence-corrected chi connectivity index (χ1v) is 9.91. The highest BCUT2D eigenvalue weighted by atomic mass is 15.4. The molecule has 6 nitrogen and oxygen atoms in total. The Morgan fingerprint density at radius 2 is 1.50 bits per heavy atom. The highest BCUT2D eigenvalue weighted by molar-refractivity contribution is 5.48. The molecule has 6 heteroatoms. The molecule has 2 heterocycles. The smallest absolute Gasteiger partial charge is 0.247 e. The zero-order valence-corrected chi connectivity index (χ0v) is 16.0. The fraction of sp³-hybridized carbons (Fsp3) is 0.318. The molecule has 0 atom stereocenters. The SMILES string of the molecule is c1ccc(CCCNc2cnnc(N3CCN(c4ccccc4)CC3)n2)cc1. The molecule has 144 valence electrons. The highest BCUT2D eigenvalue weighted by Gasteiger charge is 2.19. The maximum Gasteiger partial charge on any atom is 0.247 e. The summed E-state index contributed by atoms with van der Waals surface area (Å²) in [5, 5.41) is 11.8. The molecule has 0 aliphatic carbocycles. The molecular formula is C22H26N6. The second-order valence-electron chi connectivity index (χ2n) is 6.97. The maximum atomic E-state index is 4.66. The zero-order chi connectivity index (χ0) is 19.0. The van der Waals surface area contributed by atoms with E-state index >= 15 is 0 Å². The average molecular weight is 374 g/mol. The van der Waals surface area contributed by atoms with Gasteiger partial charge >= 0.3 is 0 Å². The first-order valence-electron chi connectivity index (χ1n) is 9.91. The van der Waals surface area contributed by atoms with E-state index in [0.717, 1.165) is 51.4 Å². The zero-order valence-electron chi connectivity index (χ0n) is 16.0. The van der Waals surface area contributed by atoms with E-state index in [0.29, 0.717) is 5.95 Å². The van der Waals surface area contributed by atoms with Gasteiger partial charge in [-0.15, -0.1) is 5.10 Å². The number of nitrogens with zero attached hydrogens (tertiary/aromatic N) is 5. The molecule has 1 fully saturated rings. The minimum Gasteiger partial charge on any atom is -0.369 e. The van der Waals surface area contributed by atoms with Gasteiger partial charge in [-0.1, -0.05) is 48.5 Å². The first kappa shape index (κ1) is 18.2. The Morgan fingerprint density at radius 1 is 0.821 bits per heavy atom. The van der Waals surface area contributed by atoms with Crippen molar-refractivity contribution in [3.05, 3.63) is 72.4 Å². The molecule has 0 saturated carbocycles. The lowest BCUT2D eigenvalue weighted by Gasteiger charge is -2.35. The van der Waals surface area contributed by atoms with Gasteiger partial charge in [0.15, 0.2) is 5.82 Å². The van der Waals surface area contributed by atoms with Gasteiger partial charge in [0.2, 0.25) is 5.95 Å². The van der Waals surface area contributed by atoms with Crippen LogP contribution in [0.25, 0.3) is 0 Å². The molecule has 2 aromatic carbocycles. The number of hydrogen-bond donors (Lipinski definition) is 1. The summed E-state index contributed by atoms with van der Waals surface area (Å²) in [6.45, 7) is 4.58. The predicted octanol–water partition coefficient (Wildman–Crippen LogP) is 3.24. The summed E-state index contributed by atoms with van der Waals surface area (Å²) in [6, 6.07) is 21.1. The molecule has 0 spiro atoms. The molecule has 0 amide bonds. The lowest BCUT2D eigenvalue weighted by atomic mass is 10.1. The van der Waals surface area contributed by atoms with Crippen LogP contribution in [0.4, 0.5) is 17.5 Å². The molecule has 1 N–H and O–H groups in total. The van der Waals surface area contributed by atoms with Crippen LogP contribution in [0, 0.1) is 0 Å². The van der Waals surface area contributed by atoms with Crippen molar-refractivity contribution in [2.75, 3.05) is 47.8 Å². The van der Waals surface area contributed by atoms with Crippen molar-refractivity contribution in [3.8, 4) is 0 Å². The van der Waals surface area contributed by atoms with Crippen LogP contribution in [0.1, 0.15) is 12.0 Å². The van der Waals surface area contributed by atoms with Crippen LogP contribution in [-0.2, 0) is 6.42 Å². The van der Waals surface area contributed by atoms with Crippen molar-refractivity contribution in [3.63, 3.8) is 0 Å². The van der Waals surface area contributed by atoms with Crippen LogP contribution in [0.2, 0.25) is 0 Å². The number of rotatable bonds is 7. The normalized spacial score (nSPS) is 14.1. The van der Waals surface area contributed by atoms with Crippen molar-refractivity contribution in [1.29, 1.82) is 0 Å². The van der Waals surface area contributed by atoms with Crippen LogP contribution in [0.3, 0.4) is 0 Å². The van der Waals surface area contributed by atoms with Gasteiger partial charge < -0.3 is 15.1 Å². The minimum absolute atomic E-state index is 0.709. The first-order chi connectivity index (χ1) is 13.9. The van der Waals surface area contributed by atoms with E-state index in [2.05, 4.69) is 91.0 Å². The number of nitrogens with one attached hydrogen (secondary N) is 1. The predicted molar refractivity (Wildman–Crippen MR) is 114 cm³/mol. The summed E-state index contributed by atoms with van der Waals surface area (Å²) in [6.07, 6.45) is 3.81. The molecule has 0 unspecified atom stereocenters. The quantitative estimate of drug-likeness (QED) is 0.641. The van der Waals surface area contributed by atoms with Crippen molar-refractivity contribution in [2.24, 2.45) is 0 Å². The number of benzene rings is 2.